The molecule has 0 aliphatic carbocycles. The van der Waals surface area contributed by atoms with E-state index in [9.17, 15) is 9.59 Å². The molecule has 0 spiro atoms. The number of para-hydroxylation sites is 2. The molecule has 6 nitrogen and oxygen atoms in total. The second-order valence-electron chi connectivity index (χ2n) is 4.40. The molecule has 1 N–H and O–H groups in total. The minimum Gasteiger partial charge on any atom is -0.482 e. The molecule has 1 aromatic carbocycles. The number of hydrogen-bond donors (Lipinski definition) is 1. The van der Waals surface area contributed by atoms with Gasteiger partial charge in [-0.3, -0.25) is 9.59 Å². The van der Waals surface area contributed by atoms with Gasteiger partial charge in [0, 0.05) is 7.05 Å². The summed E-state index contributed by atoms with van der Waals surface area (Å²) in [6, 6.07) is 7.06. The van der Waals surface area contributed by atoms with E-state index in [1.54, 1.807) is 25.1 Å². The van der Waals surface area contributed by atoms with Crippen molar-refractivity contribution in [1.82, 2.24) is 4.90 Å². The minimum atomic E-state index is -1.07. The lowest BCUT2D eigenvalue weighted by atomic mass is 10.1. The summed E-state index contributed by atoms with van der Waals surface area (Å²) < 4.78 is 11.2. The highest BCUT2D eigenvalue weighted by Gasteiger charge is 2.36. The van der Waals surface area contributed by atoms with Gasteiger partial charge >= 0.3 is 5.97 Å². The third-order valence-electron chi connectivity index (χ3n) is 2.83. The molecule has 2 atom stereocenters. The maximum atomic E-state index is 12.1. The number of ether oxygens (including phenoxy) is 2. The largest absolute Gasteiger partial charge is 0.482 e. The summed E-state index contributed by atoms with van der Waals surface area (Å²) in [7, 11) is 1.42. The van der Waals surface area contributed by atoms with Gasteiger partial charge in [0.05, 0.1) is 0 Å². The molecule has 0 saturated heterocycles. The van der Waals surface area contributed by atoms with Gasteiger partial charge in [-0.25, -0.2) is 0 Å². The first-order valence-corrected chi connectivity index (χ1v) is 5.88. The van der Waals surface area contributed by atoms with Gasteiger partial charge in [0.1, 0.15) is 12.6 Å². The number of nitrogens with zero attached hydrogens (tertiary/aromatic N) is 1. The van der Waals surface area contributed by atoms with Crippen molar-refractivity contribution in [2.24, 2.45) is 0 Å². The number of carbonyl (C=O) groups is 2. The Bertz CT molecular complexity index is 502. The summed E-state index contributed by atoms with van der Waals surface area (Å²) in [4.78, 5) is 23.8. The number of aliphatic carboxylic acids is 1. The van der Waals surface area contributed by atoms with Crippen LogP contribution in [-0.4, -0.2) is 47.7 Å². The first-order chi connectivity index (χ1) is 8.99. The van der Waals surface area contributed by atoms with E-state index in [1.807, 2.05) is 6.07 Å². The molecule has 0 radical (unpaired) electrons. The fraction of sp³-hybridized carbons (Fsp3) is 0.385. The van der Waals surface area contributed by atoms with Crippen molar-refractivity contribution in [2.75, 3.05) is 13.6 Å². The third-order valence-corrected chi connectivity index (χ3v) is 2.83. The highest BCUT2D eigenvalue weighted by Crippen LogP contribution is 2.33. The zero-order valence-corrected chi connectivity index (χ0v) is 10.7. The van der Waals surface area contributed by atoms with Gasteiger partial charge in [-0.1, -0.05) is 12.1 Å². The first kappa shape index (κ1) is 13.2. The van der Waals surface area contributed by atoms with Gasteiger partial charge in [0.2, 0.25) is 6.10 Å². The molecular weight excluding hydrogens is 250 g/mol. The molecule has 1 heterocycles. The molecule has 0 aromatic heterocycles. The maximum Gasteiger partial charge on any atom is 0.323 e. The van der Waals surface area contributed by atoms with Crippen LogP contribution in [0.1, 0.15) is 6.92 Å². The smallest absolute Gasteiger partial charge is 0.323 e. The SMILES string of the molecule is CC1Oc2ccccc2OC1C(=O)N(C)CC(=O)O. The number of fused-ring (bicyclic) bond motifs is 1. The van der Waals surface area contributed by atoms with Gasteiger partial charge in [-0.05, 0) is 19.1 Å². The van der Waals surface area contributed by atoms with Crippen LogP contribution in [0, 0.1) is 0 Å². The van der Waals surface area contributed by atoms with Crippen LogP contribution in [0.3, 0.4) is 0 Å². The number of carbonyl (C=O) groups excluding carboxylic acids is 1. The van der Waals surface area contributed by atoms with Crippen LogP contribution in [0.4, 0.5) is 0 Å². The lowest BCUT2D eigenvalue weighted by Crippen LogP contribution is -2.50. The fourth-order valence-electron chi connectivity index (χ4n) is 1.89. The Balaban J connectivity index is 2.14. The summed E-state index contributed by atoms with van der Waals surface area (Å²) in [5.41, 5.74) is 0. The Morgan fingerprint density at radius 3 is 2.42 bits per heavy atom. The average molecular weight is 265 g/mol. The van der Waals surface area contributed by atoms with Crippen LogP contribution in [-0.2, 0) is 9.59 Å². The zero-order chi connectivity index (χ0) is 14.0. The average Bonchev–Trinajstić information content (AvgIpc) is 2.36. The van der Waals surface area contributed by atoms with E-state index in [-0.39, 0.29) is 6.54 Å². The van der Waals surface area contributed by atoms with Crippen molar-refractivity contribution in [3.8, 4) is 11.5 Å². The summed E-state index contributed by atoms with van der Waals surface area (Å²) in [5.74, 6) is -0.410. The molecule has 1 amide bonds. The molecule has 0 fully saturated rings. The predicted octanol–water partition coefficient (Wildman–Crippen LogP) is 0.758. The quantitative estimate of drug-likeness (QED) is 0.873. The number of hydrogen-bond acceptors (Lipinski definition) is 4. The first-order valence-electron chi connectivity index (χ1n) is 5.88. The molecule has 19 heavy (non-hydrogen) atoms. The molecule has 102 valence electrons. The molecule has 2 unspecified atom stereocenters. The fourth-order valence-corrected chi connectivity index (χ4v) is 1.89. The maximum absolute atomic E-state index is 12.1. The van der Waals surface area contributed by atoms with Gasteiger partial charge < -0.3 is 19.5 Å². The van der Waals surface area contributed by atoms with E-state index < -0.39 is 24.1 Å². The third kappa shape index (κ3) is 2.78. The second kappa shape index (κ2) is 5.17. The lowest BCUT2D eigenvalue weighted by Gasteiger charge is -2.32. The standard InChI is InChI=1S/C13H15NO5/c1-8-12(13(17)14(2)7-11(15)16)19-10-6-4-3-5-9(10)18-8/h3-6,8,12H,7H2,1-2H3,(H,15,16). The number of likely N-dealkylation sites (N-methyl/N-ethyl adjacent to an activating group) is 1. The number of amides is 1. The highest BCUT2D eigenvalue weighted by molar-refractivity contribution is 5.85. The Kier molecular flexibility index (Phi) is 3.59. The molecule has 6 heteroatoms. The lowest BCUT2D eigenvalue weighted by molar-refractivity contribution is -0.149. The molecule has 1 aliphatic rings. The van der Waals surface area contributed by atoms with Crippen LogP contribution in [0.2, 0.25) is 0 Å². The molecule has 0 saturated carbocycles. The number of rotatable bonds is 3. The number of benzene rings is 1. The summed E-state index contributed by atoms with van der Waals surface area (Å²) in [5, 5.41) is 8.69. The second-order valence-corrected chi connectivity index (χ2v) is 4.40. The van der Waals surface area contributed by atoms with E-state index in [2.05, 4.69) is 0 Å². The van der Waals surface area contributed by atoms with E-state index in [1.165, 1.54) is 7.05 Å². The summed E-state index contributed by atoms with van der Waals surface area (Å²) >= 11 is 0. The zero-order valence-electron chi connectivity index (χ0n) is 10.7. The monoisotopic (exact) mass is 265 g/mol. The van der Waals surface area contributed by atoms with Crippen LogP contribution >= 0.6 is 0 Å². The Morgan fingerprint density at radius 2 is 1.84 bits per heavy atom. The predicted molar refractivity (Wildman–Crippen MR) is 66.2 cm³/mol. The van der Waals surface area contributed by atoms with Crippen LogP contribution in [0.5, 0.6) is 11.5 Å². The van der Waals surface area contributed by atoms with Gasteiger partial charge in [-0.2, -0.15) is 0 Å². The van der Waals surface area contributed by atoms with Gasteiger partial charge in [0.25, 0.3) is 5.91 Å². The van der Waals surface area contributed by atoms with E-state index in [4.69, 9.17) is 14.6 Å². The van der Waals surface area contributed by atoms with Crippen molar-refractivity contribution in [2.45, 2.75) is 19.1 Å². The molecule has 0 bridgehead atoms. The van der Waals surface area contributed by atoms with E-state index >= 15 is 0 Å². The van der Waals surface area contributed by atoms with Crippen LogP contribution < -0.4 is 9.47 Å². The Hall–Kier alpha value is -2.24. The van der Waals surface area contributed by atoms with Crippen molar-refractivity contribution in [3.63, 3.8) is 0 Å². The van der Waals surface area contributed by atoms with Crippen molar-refractivity contribution in [1.29, 1.82) is 0 Å². The Labute approximate surface area is 110 Å². The van der Waals surface area contributed by atoms with Crippen molar-refractivity contribution in [3.05, 3.63) is 24.3 Å². The van der Waals surface area contributed by atoms with Crippen molar-refractivity contribution >= 4 is 11.9 Å². The summed E-state index contributed by atoms with van der Waals surface area (Å²) in [6.07, 6.45) is -1.31. The van der Waals surface area contributed by atoms with Gasteiger partial charge in [-0.15, -0.1) is 0 Å². The van der Waals surface area contributed by atoms with Crippen LogP contribution in [0.25, 0.3) is 0 Å². The van der Waals surface area contributed by atoms with Crippen molar-refractivity contribution < 1.29 is 24.2 Å². The van der Waals surface area contributed by atoms with Gasteiger partial charge in [0.15, 0.2) is 11.5 Å². The number of carboxylic acid groups (broad SMARTS) is 1. The molecule has 1 aromatic rings. The highest BCUT2D eigenvalue weighted by atomic mass is 16.6. The molecule has 1 aliphatic heterocycles. The number of carboxylic acids is 1. The topological polar surface area (TPSA) is 76.1 Å². The van der Waals surface area contributed by atoms with E-state index in [0.29, 0.717) is 11.5 Å². The minimum absolute atomic E-state index is 0.368. The molecule has 2 rings (SSSR count). The Morgan fingerprint density at radius 1 is 1.26 bits per heavy atom. The van der Waals surface area contributed by atoms with E-state index in [0.717, 1.165) is 4.90 Å². The molecular formula is C13H15NO5. The van der Waals surface area contributed by atoms with Crippen LogP contribution in [0.15, 0.2) is 24.3 Å². The normalized spacial score (nSPS) is 20.7. The summed E-state index contributed by atoms with van der Waals surface area (Å²) in [6.45, 7) is 1.35.